The van der Waals surface area contributed by atoms with Gasteiger partial charge < -0.3 is 0 Å². The minimum Gasteiger partial charge on any atom is -0.152 e. The topological polar surface area (TPSA) is 0 Å². The number of hydrogen-bond acceptors (Lipinski definition) is 3. The molecule has 0 aliphatic rings. The van der Waals surface area contributed by atoms with E-state index in [4.69, 9.17) is 0 Å². The van der Waals surface area contributed by atoms with E-state index in [1.165, 1.54) is 28.2 Å². The van der Waals surface area contributed by atoms with Crippen LogP contribution in [0.15, 0.2) is 59.5 Å². The number of thioether (sulfide) groups is 1. The fourth-order valence-electron chi connectivity index (χ4n) is 1.88. The maximum atomic E-state index is 2.34. The summed E-state index contributed by atoms with van der Waals surface area (Å²) in [7, 11) is 3.89. The highest BCUT2D eigenvalue weighted by molar-refractivity contribution is 8.76. The molecule has 0 aliphatic heterocycles. The predicted octanol–water partition coefficient (Wildman–Crippen LogP) is 6.91. The summed E-state index contributed by atoms with van der Waals surface area (Å²) in [6.07, 6.45) is 1.27. The van der Waals surface area contributed by atoms with Gasteiger partial charge in [0.05, 0.1) is 0 Å². The van der Waals surface area contributed by atoms with E-state index in [0.29, 0.717) is 0 Å². The minimum absolute atomic E-state index is 0.808. The quantitative estimate of drug-likeness (QED) is 0.452. The van der Waals surface area contributed by atoms with Gasteiger partial charge in [-0.05, 0) is 29.2 Å². The second kappa shape index (κ2) is 10.3. The molecule has 0 amide bonds. The lowest BCUT2D eigenvalue weighted by Gasteiger charge is -2.08. The zero-order valence-corrected chi connectivity index (χ0v) is 15.8. The largest absolute Gasteiger partial charge is 0.152 e. The molecule has 2 aromatic rings. The molecule has 2 rings (SSSR count). The van der Waals surface area contributed by atoms with Crippen molar-refractivity contribution in [2.75, 3.05) is 5.75 Å². The highest BCUT2D eigenvalue weighted by atomic mass is 33.1. The Hall–Kier alpha value is -0.510. The van der Waals surface area contributed by atoms with E-state index in [1.54, 1.807) is 0 Å². The summed E-state index contributed by atoms with van der Waals surface area (Å²) in [6.45, 7) is 4.59. The molecule has 118 valence electrons. The van der Waals surface area contributed by atoms with Gasteiger partial charge in [0.15, 0.2) is 0 Å². The third-order valence-corrected chi connectivity index (χ3v) is 7.17. The maximum absolute atomic E-state index is 2.34. The molecule has 0 spiro atoms. The summed E-state index contributed by atoms with van der Waals surface area (Å²) in [6, 6.07) is 19.7. The molecule has 22 heavy (non-hydrogen) atoms. The molecule has 2 aromatic carbocycles. The third kappa shape index (κ3) is 6.72. The lowest BCUT2D eigenvalue weighted by Crippen LogP contribution is -1.93. The first kappa shape index (κ1) is 17.8. The van der Waals surface area contributed by atoms with Gasteiger partial charge in [-0.2, -0.15) is 11.8 Å². The Kier molecular flexibility index (Phi) is 8.35. The van der Waals surface area contributed by atoms with Crippen molar-refractivity contribution in [1.82, 2.24) is 0 Å². The summed E-state index contributed by atoms with van der Waals surface area (Å²) in [4.78, 5) is 1.38. The summed E-state index contributed by atoms with van der Waals surface area (Å²) in [5.41, 5.74) is 2.83. The Morgan fingerprint density at radius 2 is 1.64 bits per heavy atom. The van der Waals surface area contributed by atoms with Gasteiger partial charge in [-0.15, -0.1) is 0 Å². The third-order valence-electron chi connectivity index (χ3n) is 3.48. The Labute approximate surface area is 147 Å². The first-order valence-electron chi connectivity index (χ1n) is 7.78. The van der Waals surface area contributed by atoms with Crippen LogP contribution in [0.4, 0.5) is 0 Å². The molecule has 0 saturated heterocycles. The molecule has 0 heterocycles. The normalized spacial score (nSPS) is 12.3. The first-order valence-corrected chi connectivity index (χ1v) is 11.3. The van der Waals surface area contributed by atoms with Crippen LogP contribution in [-0.2, 0) is 11.5 Å². The van der Waals surface area contributed by atoms with Crippen LogP contribution in [0, 0.1) is 5.92 Å². The van der Waals surface area contributed by atoms with Gasteiger partial charge in [-0.25, -0.2) is 0 Å². The molecule has 1 atom stereocenters. The van der Waals surface area contributed by atoms with Crippen molar-refractivity contribution in [1.29, 1.82) is 0 Å². The average Bonchev–Trinajstić information content (AvgIpc) is 2.56. The molecule has 0 aliphatic carbocycles. The van der Waals surface area contributed by atoms with E-state index in [-0.39, 0.29) is 0 Å². The van der Waals surface area contributed by atoms with Crippen molar-refractivity contribution in [3.05, 3.63) is 65.7 Å². The van der Waals surface area contributed by atoms with Gasteiger partial charge in [0.1, 0.15) is 0 Å². The summed E-state index contributed by atoms with van der Waals surface area (Å²) < 4.78 is 0. The standard InChI is InChI=1S/C19H24S3/c1-3-16(2)13-21-22-19-11-7-10-18(12-19)15-20-14-17-8-5-4-6-9-17/h4-12,16H,3,13-15H2,1-2H3. The predicted molar refractivity (Wildman–Crippen MR) is 106 cm³/mol. The van der Waals surface area contributed by atoms with Crippen LogP contribution in [-0.4, -0.2) is 5.75 Å². The van der Waals surface area contributed by atoms with E-state index in [9.17, 15) is 0 Å². The maximum Gasteiger partial charge on any atom is 0.0188 e. The zero-order chi connectivity index (χ0) is 15.6. The van der Waals surface area contributed by atoms with Crippen molar-refractivity contribution in [2.24, 2.45) is 5.92 Å². The SMILES string of the molecule is CCC(C)CSSc1cccc(CSCc2ccccc2)c1. The Bertz CT molecular complexity index is 539. The van der Waals surface area contributed by atoms with Crippen molar-refractivity contribution in [3.63, 3.8) is 0 Å². The van der Waals surface area contributed by atoms with Crippen LogP contribution in [0.1, 0.15) is 31.4 Å². The van der Waals surface area contributed by atoms with Crippen molar-refractivity contribution < 1.29 is 0 Å². The molecule has 0 fully saturated rings. The lowest BCUT2D eigenvalue weighted by molar-refractivity contribution is 0.638. The van der Waals surface area contributed by atoms with Crippen LogP contribution < -0.4 is 0 Å². The van der Waals surface area contributed by atoms with E-state index in [2.05, 4.69) is 68.4 Å². The fourth-order valence-corrected chi connectivity index (χ4v) is 5.46. The highest BCUT2D eigenvalue weighted by Crippen LogP contribution is 2.33. The Morgan fingerprint density at radius 3 is 2.41 bits per heavy atom. The molecular formula is C19H24S3. The van der Waals surface area contributed by atoms with Crippen LogP contribution in [0.5, 0.6) is 0 Å². The van der Waals surface area contributed by atoms with Crippen molar-refractivity contribution in [2.45, 2.75) is 36.7 Å². The molecule has 0 radical (unpaired) electrons. The summed E-state index contributed by atoms with van der Waals surface area (Å²) in [5, 5.41) is 0. The monoisotopic (exact) mass is 348 g/mol. The van der Waals surface area contributed by atoms with E-state index in [1.807, 2.05) is 33.3 Å². The van der Waals surface area contributed by atoms with E-state index < -0.39 is 0 Å². The number of rotatable bonds is 9. The minimum atomic E-state index is 0.808. The molecule has 0 N–H and O–H groups in total. The van der Waals surface area contributed by atoms with Gasteiger partial charge in [0.2, 0.25) is 0 Å². The van der Waals surface area contributed by atoms with Crippen LogP contribution in [0.25, 0.3) is 0 Å². The van der Waals surface area contributed by atoms with E-state index >= 15 is 0 Å². The molecule has 0 aromatic heterocycles. The van der Waals surface area contributed by atoms with Gasteiger partial charge in [-0.1, -0.05) is 84.3 Å². The molecular weight excluding hydrogens is 324 g/mol. The number of hydrogen-bond donors (Lipinski definition) is 0. The Balaban J connectivity index is 1.76. The lowest BCUT2D eigenvalue weighted by atomic mass is 10.2. The van der Waals surface area contributed by atoms with Gasteiger partial charge in [-0.3, -0.25) is 0 Å². The molecule has 0 bridgehead atoms. The smallest absolute Gasteiger partial charge is 0.0188 e. The fraction of sp³-hybridized carbons (Fsp3) is 0.368. The van der Waals surface area contributed by atoms with Crippen LogP contribution in [0.3, 0.4) is 0 Å². The summed E-state index contributed by atoms with van der Waals surface area (Å²) >= 11 is 1.98. The highest BCUT2D eigenvalue weighted by Gasteiger charge is 2.02. The zero-order valence-electron chi connectivity index (χ0n) is 13.3. The second-order valence-corrected chi connectivity index (χ2v) is 8.91. The Morgan fingerprint density at radius 1 is 0.909 bits per heavy atom. The van der Waals surface area contributed by atoms with Crippen molar-refractivity contribution in [3.8, 4) is 0 Å². The van der Waals surface area contributed by atoms with Gasteiger partial charge in [0.25, 0.3) is 0 Å². The van der Waals surface area contributed by atoms with Gasteiger partial charge in [0, 0.05) is 22.2 Å². The van der Waals surface area contributed by atoms with Crippen LogP contribution >= 0.6 is 33.3 Å². The average molecular weight is 349 g/mol. The van der Waals surface area contributed by atoms with Crippen molar-refractivity contribution >= 4 is 33.3 Å². The van der Waals surface area contributed by atoms with Gasteiger partial charge >= 0.3 is 0 Å². The van der Waals surface area contributed by atoms with E-state index in [0.717, 1.165) is 17.4 Å². The first-order chi connectivity index (χ1) is 10.8. The molecule has 0 saturated carbocycles. The summed E-state index contributed by atoms with van der Waals surface area (Å²) in [5.74, 6) is 4.20. The second-order valence-electron chi connectivity index (χ2n) is 5.51. The van der Waals surface area contributed by atoms with Crippen LogP contribution in [0.2, 0.25) is 0 Å². The molecule has 1 unspecified atom stereocenters. The molecule has 0 nitrogen and oxygen atoms in total. The number of benzene rings is 2. The molecule has 3 heteroatoms.